The van der Waals surface area contributed by atoms with Crippen molar-refractivity contribution in [2.45, 2.75) is 0 Å². The van der Waals surface area contributed by atoms with E-state index in [1.54, 1.807) is 30.3 Å². The topological polar surface area (TPSA) is 59.3 Å². The van der Waals surface area contributed by atoms with Gasteiger partial charge in [-0.25, -0.2) is 4.79 Å². The first-order valence-electron chi connectivity index (χ1n) is 7.52. The zero-order valence-electron chi connectivity index (χ0n) is 12.6. The van der Waals surface area contributed by atoms with E-state index in [0.29, 0.717) is 16.5 Å². The van der Waals surface area contributed by atoms with Crippen molar-refractivity contribution in [3.63, 3.8) is 0 Å². The molecule has 1 heterocycles. The quantitative estimate of drug-likeness (QED) is 0.603. The lowest BCUT2D eigenvalue weighted by Gasteiger charge is -2.07. The van der Waals surface area contributed by atoms with Crippen molar-refractivity contribution in [3.05, 3.63) is 84.1 Å². The number of carboxylic acid groups (broad SMARTS) is 1. The van der Waals surface area contributed by atoms with Gasteiger partial charge in [-0.05, 0) is 22.9 Å². The van der Waals surface area contributed by atoms with Crippen molar-refractivity contribution in [3.8, 4) is 0 Å². The zero-order valence-corrected chi connectivity index (χ0v) is 12.6. The Morgan fingerprint density at radius 1 is 0.750 bits per heavy atom. The first kappa shape index (κ1) is 14.2. The summed E-state index contributed by atoms with van der Waals surface area (Å²) in [5, 5.41) is 11.8. The molecule has 1 N–H and O–H groups in total. The van der Waals surface area contributed by atoms with E-state index in [1.807, 2.05) is 36.4 Å². The smallest absolute Gasteiger partial charge is 0.337 e. The van der Waals surface area contributed by atoms with E-state index in [2.05, 4.69) is 0 Å². The first-order chi connectivity index (χ1) is 11.7. The lowest BCUT2D eigenvalue weighted by atomic mass is 10.0. The van der Waals surface area contributed by atoms with Gasteiger partial charge in [-0.2, -0.15) is 0 Å². The minimum Gasteiger partial charge on any atom is -0.478 e. The highest BCUT2D eigenvalue weighted by atomic mass is 16.4. The van der Waals surface area contributed by atoms with Crippen LogP contribution in [0.3, 0.4) is 0 Å². The van der Waals surface area contributed by atoms with Crippen LogP contribution in [0.15, 0.2) is 72.9 Å². The van der Waals surface area contributed by atoms with Gasteiger partial charge in [0.05, 0.1) is 11.1 Å². The summed E-state index contributed by atoms with van der Waals surface area (Å²) in [6.07, 6.45) is 1.40. The number of carbonyl (C=O) groups excluding carboxylic acids is 1. The van der Waals surface area contributed by atoms with E-state index in [1.165, 1.54) is 10.8 Å². The molecule has 4 heteroatoms. The summed E-state index contributed by atoms with van der Waals surface area (Å²) >= 11 is 0. The van der Waals surface area contributed by atoms with E-state index in [0.717, 1.165) is 10.8 Å². The van der Waals surface area contributed by atoms with Gasteiger partial charge in [0, 0.05) is 17.1 Å². The standard InChI is InChI=1S/C20H13NO3/c22-19(16-10-5-7-13-6-1-2-8-14(13)16)21-12-17(20(23)24)15-9-3-4-11-18(15)21/h1-12H,(H,23,24). The Morgan fingerprint density at radius 3 is 2.21 bits per heavy atom. The molecular formula is C20H13NO3. The number of fused-ring (bicyclic) bond motifs is 2. The summed E-state index contributed by atoms with van der Waals surface area (Å²) in [5.41, 5.74) is 1.26. The minimum absolute atomic E-state index is 0.124. The number of carbonyl (C=O) groups is 2. The Hall–Kier alpha value is -3.40. The van der Waals surface area contributed by atoms with Gasteiger partial charge in [0.1, 0.15) is 0 Å². The van der Waals surface area contributed by atoms with Gasteiger partial charge in [-0.3, -0.25) is 9.36 Å². The minimum atomic E-state index is -1.05. The third-order valence-corrected chi connectivity index (χ3v) is 4.18. The molecule has 0 unspecified atom stereocenters. The summed E-state index contributed by atoms with van der Waals surface area (Å²) in [4.78, 5) is 24.6. The Balaban J connectivity index is 1.97. The molecule has 0 aliphatic carbocycles. The van der Waals surface area contributed by atoms with Gasteiger partial charge in [0.25, 0.3) is 5.91 Å². The van der Waals surface area contributed by atoms with E-state index in [9.17, 15) is 14.7 Å². The molecular weight excluding hydrogens is 302 g/mol. The average Bonchev–Trinajstić information content (AvgIpc) is 3.00. The maximum Gasteiger partial charge on any atom is 0.337 e. The number of hydrogen-bond acceptors (Lipinski definition) is 2. The molecule has 1 aromatic heterocycles. The highest BCUT2D eigenvalue weighted by Gasteiger charge is 2.19. The monoisotopic (exact) mass is 315 g/mol. The molecule has 0 fully saturated rings. The van der Waals surface area contributed by atoms with Crippen LogP contribution in [-0.2, 0) is 0 Å². The van der Waals surface area contributed by atoms with Crippen LogP contribution in [0, 0.1) is 0 Å². The third-order valence-electron chi connectivity index (χ3n) is 4.18. The van der Waals surface area contributed by atoms with Gasteiger partial charge >= 0.3 is 5.97 Å². The maximum absolute atomic E-state index is 13.1. The van der Waals surface area contributed by atoms with E-state index >= 15 is 0 Å². The molecule has 3 aromatic carbocycles. The number of para-hydroxylation sites is 1. The Kier molecular flexibility index (Phi) is 3.17. The van der Waals surface area contributed by atoms with Crippen LogP contribution in [0.4, 0.5) is 0 Å². The molecule has 116 valence electrons. The van der Waals surface area contributed by atoms with E-state index in [4.69, 9.17) is 0 Å². The van der Waals surface area contributed by atoms with E-state index in [-0.39, 0.29) is 11.5 Å². The molecule has 0 saturated heterocycles. The number of rotatable bonds is 2. The molecule has 0 amide bonds. The molecule has 4 aromatic rings. The average molecular weight is 315 g/mol. The highest BCUT2D eigenvalue weighted by molar-refractivity contribution is 6.13. The van der Waals surface area contributed by atoms with Gasteiger partial charge in [0.2, 0.25) is 0 Å². The fourth-order valence-electron chi connectivity index (χ4n) is 3.06. The predicted molar refractivity (Wildman–Crippen MR) is 92.6 cm³/mol. The molecule has 0 aliphatic rings. The molecule has 24 heavy (non-hydrogen) atoms. The van der Waals surface area contributed by atoms with Crippen LogP contribution in [0.5, 0.6) is 0 Å². The van der Waals surface area contributed by atoms with Crippen LogP contribution < -0.4 is 0 Å². The van der Waals surface area contributed by atoms with Crippen LogP contribution >= 0.6 is 0 Å². The molecule has 0 bridgehead atoms. The number of aromatic carboxylic acids is 1. The summed E-state index contributed by atoms with van der Waals surface area (Å²) in [6.45, 7) is 0. The number of aromatic nitrogens is 1. The predicted octanol–water partition coefficient (Wildman–Crippen LogP) is 4.18. The van der Waals surface area contributed by atoms with Crippen molar-refractivity contribution in [2.24, 2.45) is 0 Å². The molecule has 0 saturated carbocycles. The number of benzene rings is 3. The molecule has 4 rings (SSSR count). The molecule has 0 aliphatic heterocycles. The molecule has 0 radical (unpaired) electrons. The second kappa shape index (κ2) is 5.35. The van der Waals surface area contributed by atoms with Crippen molar-refractivity contribution in [2.75, 3.05) is 0 Å². The molecule has 0 atom stereocenters. The van der Waals surface area contributed by atoms with Crippen molar-refractivity contribution >= 4 is 33.6 Å². The number of hydrogen-bond donors (Lipinski definition) is 1. The fraction of sp³-hybridized carbons (Fsp3) is 0. The van der Waals surface area contributed by atoms with Gasteiger partial charge in [0.15, 0.2) is 0 Å². The van der Waals surface area contributed by atoms with E-state index < -0.39 is 5.97 Å². The van der Waals surface area contributed by atoms with Crippen LogP contribution in [0.1, 0.15) is 20.7 Å². The first-order valence-corrected chi connectivity index (χ1v) is 7.52. The Morgan fingerprint density at radius 2 is 1.42 bits per heavy atom. The Labute approximate surface area is 137 Å². The van der Waals surface area contributed by atoms with Crippen molar-refractivity contribution in [1.82, 2.24) is 4.57 Å². The highest BCUT2D eigenvalue weighted by Crippen LogP contribution is 2.25. The number of carboxylic acids is 1. The molecule has 0 spiro atoms. The van der Waals surface area contributed by atoms with Gasteiger partial charge in [-0.1, -0.05) is 54.6 Å². The zero-order chi connectivity index (χ0) is 16.7. The van der Waals surface area contributed by atoms with Crippen molar-refractivity contribution in [1.29, 1.82) is 0 Å². The Bertz CT molecular complexity index is 1100. The summed E-state index contributed by atoms with van der Waals surface area (Å²) in [6, 6.07) is 20.2. The third kappa shape index (κ3) is 2.08. The van der Waals surface area contributed by atoms with Crippen LogP contribution in [0.25, 0.3) is 21.7 Å². The second-order valence-electron chi connectivity index (χ2n) is 5.57. The lowest BCUT2D eigenvalue weighted by Crippen LogP contribution is -2.11. The molecule has 4 nitrogen and oxygen atoms in total. The SMILES string of the molecule is O=C(O)c1cn(C(=O)c2cccc3ccccc23)c2ccccc12. The largest absolute Gasteiger partial charge is 0.478 e. The van der Waals surface area contributed by atoms with Gasteiger partial charge < -0.3 is 5.11 Å². The summed E-state index contributed by atoms with van der Waals surface area (Å²) < 4.78 is 1.42. The number of nitrogens with zero attached hydrogens (tertiary/aromatic N) is 1. The maximum atomic E-state index is 13.1. The second-order valence-corrected chi connectivity index (χ2v) is 5.57. The summed E-state index contributed by atoms with van der Waals surface area (Å²) in [7, 11) is 0. The van der Waals surface area contributed by atoms with Crippen LogP contribution in [0.2, 0.25) is 0 Å². The van der Waals surface area contributed by atoms with Gasteiger partial charge in [-0.15, -0.1) is 0 Å². The lowest BCUT2D eigenvalue weighted by molar-refractivity contribution is 0.0699. The fourth-order valence-corrected chi connectivity index (χ4v) is 3.06. The summed E-state index contributed by atoms with van der Waals surface area (Å²) in [5.74, 6) is -1.29. The van der Waals surface area contributed by atoms with Crippen LogP contribution in [-0.4, -0.2) is 21.6 Å². The van der Waals surface area contributed by atoms with Crippen molar-refractivity contribution < 1.29 is 14.7 Å². The normalized spacial score (nSPS) is 11.0.